The Morgan fingerprint density at radius 1 is 0.933 bits per heavy atom. The molecule has 1 N–H and O–H groups in total. The molecule has 2 heteroatoms. The van der Waals surface area contributed by atoms with Gasteiger partial charge in [0.25, 0.3) is 0 Å². The molecule has 0 atom stereocenters. The summed E-state index contributed by atoms with van der Waals surface area (Å²) >= 11 is 0. The predicted molar refractivity (Wildman–Crippen MR) is 64.7 cm³/mol. The quantitative estimate of drug-likeness (QED) is 0.603. The highest BCUT2D eigenvalue weighted by molar-refractivity contribution is 5.77. The van der Waals surface area contributed by atoms with Crippen molar-refractivity contribution in [1.82, 2.24) is 0 Å². The highest BCUT2D eigenvalue weighted by Crippen LogP contribution is 2.09. The van der Waals surface area contributed by atoms with Crippen LogP contribution in [0.25, 0.3) is 0 Å². The Hall–Kier alpha value is -2.09. The molecule has 0 amide bonds. The minimum absolute atomic E-state index is 0.234. The highest BCUT2D eigenvalue weighted by atomic mass is 14.9. The van der Waals surface area contributed by atoms with Gasteiger partial charge in [-0.15, -0.1) is 0 Å². The number of para-hydroxylation sites is 2. The molecule has 2 aromatic carbocycles. The van der Waals surface area contributed by atoms with Gasteiger partial charge in [-0.2, -0.15) is 0 Å². The van der Waals surface area contributed by atoms with E-state index in [1.165, 1.54) is 0 Å². The first kappa shape index (κ1) is 3.20. The maximum Gasteiger partial charge on any atom is 0.0930 e. The van der Waals surface area contributed by atoms with Crippen molar-refractivity contribution in [1.29, 1.82) is 0 Å². The van der Waals surface area contributed by atoms with Crippen LogP contribution in [0.5, 0.6) is 0 Å². The SMILES string of the molecule is [2H]c1c([2H])c([2H])c(N=CNc2c([2H])c([2H])c([2H])c([2H])c2[2H])c([2H])c1[2H]. The molecule has 0 heterocycles. The van der Waals surface area contributed by atoms with Gasteiger partial charge >= 0.3 is 0 Å². The molecule has 0 aliphatic rings. The Labute approximate surface area is 103 Å². The lowest BCUT2D eigenvalue weighted by Gasteiger charge is -1.98. The van der Waals surface area contributed by atoms with Crippen LogP contribution in [0.4, 0.5) is 11.4 Å². The van der Waals surface area contributed by atoms with Crippen LogP contribution in [-0.4, -0.2) is 6.34 Å². The summed E-state index contributed by atoms with van der Waals surface area (Å²) < 4.78 is 76.2. The van der Waals surface area contributed by atoms with Gasteiger partial charge in [-0.1, -0.05) is 36.3 Å². The van der Waals surface area contributed by atoms with Crippen LogP contribution in [0.3, 0.4) is 0 Å². The van der Waals surface area contributed by atoms with Crippen molar-refractivity contribution in [3.63, 3.8) is 0 Å². The van der Waals surface area contributed by atoms with Gasteiger partial charge in [0.05, 0.1) is 25.7 Å². The Morgan fingerprint density at radius 3 is 2.20 bits per heavy atom. The van der Waals surface area contributed by atoms with E-state index in [1.54, 1.807) is 0 Å². The Bertz CT molecular complexity index is 835. The monoisotopic (exact) mass is 206 g/mol. The van der Waals surface area contributed by atoms with Crippen molar-refractivity contribution < 1.29 is 13.7 Å². The van der Waals surface area contributed by atoms with Gasteiger partial charge in [-0.25, -0.2) is 4.99 Å². The highest BCUT2D eigenvalue weighted by Gasteiger charge is 1.85. The molecule has 0 unspecified atom stereocenters. The fourth-order valence-electron chi connectivity index (χ4n) is 0.791. The number of anilines is 1. The molecule has 0 spiro atoms. The van der Waals surface area contributed by atoms with Crippen LogP contribution < -0.4 is 5.32 Å². The maximum absolute atomic E-state index is 7.74. The standard InChI is InChI=1S/C13H12N2/c1-3-7-12(8-4-1)14-11-15-13-9-5-2-6-10-13/h1-11H,(H,14,15)/i1D,2D,3D,4D,5D,6D,7D,8D,9D,10D. The third-order valence-corrected chi connectivity index (χ3v) is 1.39. The van der Waals surface area contributed by atoms with Gasteiger partial charge < -0.3 is 5.32 Å². The third-order valence-electron chi connectivity index (χ3n) is 1.39. The van der Waals surface area contributed by atoms with Crippen molar-refractivity contribution in [2.45, 2.75) is 0 Å². The molecule has 0 fully saturated rings. The van der Waals surface area contributed by atoms with Crippen LogP contribution in [0.1, 0.15) is 13.7 Å². The summed E-state index contributed by atoms with van der Waals surface area (Å²) in [5, 5.41) is 2.42. The zero-order chi connectivity index (χ0) is 19.0. The minimum Gasteiger partial charge on any atom is -0.346 e. The van der Waals surface area contributed by atoms with Crippen molar-refractivity contribution in [2.75, 3.05) is 5.32 Å². The van der Waals surface area contributed by atoms with Gasteiger partial charge in [0.15, 0.2) is 0 Å². The van der Waals surface area contributed by atoms with E-state index < -0.39 is 60.4 Å². The molecular formula is C13H12N2. The fourth-order valence-corrected chi connectivity index (χ4v) is 0.791. The molecule has 2 nitrogen and oxygen atoms in total. The molecule has 0 saturated carbocycles. The first-order valence-electron chi connectivity index (χ1n) is 9.02. The summed E-state index contributed by atoms with van der Waals surface area (Å²) in [5.74, 6) is 0. The summed E-state index contributed by atoms with van der Waals surface area (Å²) in [7, 11) is 0. The van der Waals surface area contributed by atoms with Gasteiger partial charge in [0.2, 0.25) is 0 Å². The molecule has 0 aliphatic heterocycles. The minimum atomic E-state index is -0.549. The van der Waals surface area contributed by atoms with Gasteiger partial charge in [-0.05, 0) is 24.2 Å². The Kier molecular flexibility index (Phi) is 1.06. The zero-order valence-corrected chi connectivity index (χ0v) is 7.52. The number of rotatable bonds is 3. The van der Waals surface area contributed by atoms with Crippen molar-refractivity contribution in [2.24, 2.45) is 4.99 Å². The molecule has 15 heavy (non-hydrogen) atoms. The summed E-state index contributed by atoms with van der Waals surface area (Å²) in [5.41, 5.74) is -0.562. The average molecular weight is 206 g/mol. The number of nitrogens with one attached hydrogen (secondary N) is 1. The van der Waals surface area contributed by atoms with E-state index in [2.05, 4.69) is 10.3 Å². The fraction of sp³-hybridized carbons (Fsp3) is 0. The smallest absolute Gasteiger partial charge is 0.0930 e. The largest absolute Gasteiger partial charge is 0.346 e. The zero-order valence-electron chi connectivity index (χ0n) is 17.5. The van der Waals surface area contributed by atoms with E-state index in [0.29, 0.717) is 0 Å². The normalized spacial score (nSPS) is 19.7. The average Bonchev–Trinajstić information content (AvgIpc) is 2.60. The lowest BCUT2D eigenvalue weighted by atomic mass is 10.3. The maximum atomic E-state index is 7.74. The van der Waals surface area contributed by atoms with E-state index in [4.69, 9.17) is 13.7 Å². The van der Waals surface area contributed by atoms with Gasteiger partial charge in [0, 0.05) is 5.69 Å². The number of hydrogen-bond donors (Lipinski definition) is 1. The van der Waals surface area contributed by atoms with Crippen molar-refractivity contribution in [3.05, 3.63) is 60.4 Å². The van der Waals surface area contributed by atoms with E-state index >= 15 is 0 Å². The van der Waals surface area contributed by atoms with Crippen LogP contribution in [0.2, 0.25) is 0 Å². The van der Waals surface area contributed by atoms with Gasteiger partial charge in [0.1, 0.15) is 0 Å². The second-order valence-electron chi connectivity index (χ2n) is 2.38. The van der Waals surface area contributed by atoms with E-state index in [0.717, 1.165) is 6.34 Å². The summed E-state index contributed by atoms with van der Waals surface area (Å²) in [6, 6.07) is -5.20. The summed E-state index contributed by atoms with van der Waals surface area (Å²) in [4.78, 5) is 3.76. The first-order chi connectivity index (χ1) is 11.6. The number of benzene rings is 2. The molecular weight excluding hydrogens is 184 g/mol. The topological polar surface area (TPSA) is 24.4 Å². The van der Waals surface area contributed by atoms with Crippen molar-refractivity contribution >= 4 is 17.7 Å². The molecule has 0 saturated heterocycles. The number of hydrogen-bond acceptors (Lipinski definition) is 1. The molecule has 2 aromatic rings. The Morgan fingerprint density at radius 2 is 1.53 bits per heavy atom. The number of aliphatic imine (C=N–C) groups is 1. The second kappa shape index (κ2) is 4.96. The summed E-state index contributed by atoms with van der Waals surface area (Å²) in [6.07, 6.45) is 0.918. The van der Waals surface area contributed by atoms with Crippen LogP contribution in [-0.2, 0) is 0 Å². The lowest BCUT2D eigenvalue weighted by Crippen LogP contribution is -1.92. The second-order valence-corrected chi connectivity index (χ2v) is 2.38. The van der Waals surface area contributed by atoms with Crippen LogP contribution in [0.15, 0.2) is 65.4 Å². The van der Waals surface area contributed by atoms with Crippen molar-refractivity contribution in [3.8, 4) is 0 Å². The molecule has 2 rings (SSSR count). The first-order valence-corrected chi connectivity index (χ1v) is 4.02. The predicted octanol–water partition coefficient (Wildman–Crippen LogP) is 3.46. The molecule has 0 bridgehead atoms. The van der Waals surface area contributed by atoms with Crippen LogP contribution >= 0.6 is 0 Å². The third kappa shape index (κ3) is 2.95. The van der Waals surface area contributed by atoms with Gasteiger partial charge in [-0.3, -0.25) is 0 Å². The Balaban J connectivity index is 2.45. The van der Waals surface area contributed by atoms with E-state index in [1.807, 2.05) is 0 Å². The van der Waals surface area contributed by atoms with E-state index in [9.17, 15) is 0 Å². The summed E-state index contributed by atoms with van der Waals surface area (Å²) in [6.45, 7) is 0. The van der Waals surface area contributed by atoms with Crippen LogP contribution in [0, 0.1) is 0 Å². The molecule has 0 radical (unpaired) electrons. The lowest BCUT2D eigenvalue weighted by molar-refractivity contribution is 1.52. The number of nitrogens with zero attached hydrogens (tertiary/aromatic N) is 1. The molecule has 74 valence electrons. The molecule has 0 aliphatic carbocycles. The molecule has 0 aromatic heterocycles. The van der Waals surface area contributed by atoms with E-state index in [-0.39, 0.29) is 11.4 Å².